The summed E-state index contributed by atoms with van der Waals surface area (Å²) >= 11 is 0. The summed E-state index contributed by atoms with van der Waals surface area (Å²) in [5.74, 6) is 0. The maximum absolute atomic E-state index is 11.8. The average molecular weight is 283 g/mol. The van der Waals surface area contributed by atoms with Gasteiger partial charge in [-0.25, -0.2) is 9.59 Å². The van der Waals surface area contributed by atoms with E-state index in [9.17, 15) is 19.5 Å². The van der Waals surface area contributed by atoms with Crippen molar-refractivity contribution in [3.63, 3.8) is 0 Å². The van der Waals surface area contributed by atoms with Crippen LogP contribution < -0.4 is 11.2 Å². The zero-order valence-electron chi connectivity index (χ0n) is 11.3. The number of nitrogens with one attached hydrogen (secondary N) is 1. The highest BCUT2D eigenvalue weighted by atomic mass is 16.5. The number of aryl methyl sites for hydroxylation is 1. The molecule has 1 fully saturated rings. The maximum atomic E-state index is 11.8. The minimum atomic E-state index is -0.541. The second-order valence-electron chi connectivity index (χ2n) is 4.83. The fourth-order valence-electron chi connectivity index (χ4n) is 2.46. The van der Waals surface area contributed by atoms with Gasteiger partial charge < -0.3 is 14.7 Å². The molecular formula is C12H17N3O5. The van der Waals surface area contributed by atoms with Crippen LogP contribution in [0.2, 0.25) is 0 Å². The van der Waals surface area contributed by atoms with Crippen LogP contribution in [-0.2, 0) is 4.74 Å². The number of hydrogen-bond acceptors (Lipinski definition) is 5. The van der Waals surface area contributed by atoms with E-state index in [0.717, 1.165) is 0 Å². The Balaban J connectivity index is 2.32. The Morgan fingerprint density at radius 3 is 2.85 bits per heavy atom. The number of aliphatic hydroxyl groups excluding tert-OH is 1. The fourth-order valence-corrected chi connectivity index (χ4v) is 2.46. The molecule has 1 unspecified atom stereocenters. The van der Waals surface area contributed by atoms with E-state index < -0.39 is 23.4 Å². The van der Waals surface area contributed by atoms with E-state index in [0.29, 0.717) is 12.0 Å². The van der Waals surface area contributed by atoms with Gasteiger partial charge >= 0.3 is 11.8 Å². The molecule has 2 heterocycles. The second kappa shape index (κ2) is 5.49. The molecule has 0 aliphatic carbocycles. The topological polar surface area (TPSA) is 105 Å². The molecule has 0 radical (unpaired) electrons. The van der Waals surface area contributed by atoms with E-state index in [1.807, 2.05) is 0 Å². The van der Waals surface area contributed by atoms with Gasteiger partial charge in [-0.1, -0.05) is 0 Å². The van der Waals surface area contributed by atoms with E-state index >= 15 is 0 Å². The number of likely N-dealkylation sites (tertiary alicyclic amines) is 1. The fraction of sp³-hybridized carbons (Fsp3) is 0.583. The molecule has 8 heteroatoms. The summed E-state index contributed by atoms with van der Waals surface area (Å²) in [6.07, 6.45) is 1.36. The third kappa shape index (κ3) is 2.46. The molecule has 1 aromatic heterocycles. The lowest BCUT2D eigenvalue weighted by molar-refractivity contribution is 0.101. The van der Waals surface area contributed by atoms with Crippen molar-refractivity contribution in [1.82, 2.24) is 14.5 Å². The van der Waals surface area contributed by atoms with Crippen LogP contribution in [-0.4, -0.2) is 52.0 Å². The first-order valence-electron chi connectivity index (χ1n) is 6.25. The van der Waals surface area contributed by atoms with Gasteiger partial charge in [-0.2, -0.15) is 0 Å². The number of nitrogens with zero attached hydrogens (tertiary/aromatic N) is 2. The van der Waals surface area contributed by atoms with Crippen LogP contribution in [0.15, 0.2) is 15.8 Å². The highest BCUT2D eigenvalue weighted by molar-refractivity contribution is 5.68. The first kappa shape index (κ1) is 14.3. The van der Waals surface area contributed by atoms with Crippen molar-refractivity contribution >= 4 is 6.09 Å². The van der Waals surface area contributed by atoms with Gasteiger partial charge in [-0.05, 0) is 13.3 Å². The summed E-state index contributed by atoms with van der Waals surface area (Å²) in [5, 5.41) is 9.32. The van der Waals surface area contributed by atoms with E-state index in [1.54, 1.807) is 6.92 Å². The quantitative estimate of drug-likeness (QED) is 0.741. The lowest BCUT2D eigenvalue weighted by Crippen LogP contribution is -2.38. The molecule has 1 aromatic rings. The Labute approximate surface area is 114 Å². The van der Waals surface area contributed by atoms with Crippen molar-refractivity contribution in [3.05, 3.63) is 32.6 Å². The number of methoxy groups -OCH3 is 1. The van der Waals surface area contributed by atoms with Gasteiger partial charge in [0.1, 0.15) is 0 Å². The molecule has 20 heavy (non-hydrogen) atoms. The minimum Gasteiger partial charge on any atom is -0.453 e. The zero-order valence-corrected chi connectivity index (χ0v) is 11.3. The molecule has 1 aliphatic rings. The first-order valence-corrected chi connectivity index (χ1v) is 6.25. The molecule has 2 atom stereocenters. The second-order valence-corrected chi connectivity index (χ2v) is 4.83. The summed E-state index contributed by atoms with van der Waals surface area (Å²) in [6, 6.07) is -0.694. The monoisotopic (exact) mass is 283 g/mol. The molecule has 0 saturated carbocycles. The molecule has 110 valence electrons. The van der Waals surface area contributed by atoms with Crippen molar-refractivity contribution < 1.29 is 14.6 Å². The molecule has 1 amide bonds. The molecule has 8 nitrogen and oxygen atoms in total. The Kier molecular flexibility index (Phi) is 3.93. The van der Waals surface area contributed by atoms with Gasteiger partial charge in [0.15, 0.2) is 0 Å². The molecule has 2 N–H and O–H groups in total. The Morgan fingerprint density at radius 2 is 2.25 bits per heavy atom. The SMILES string of the molecule is COC(=O)N1CC(n2cc(C)c(=O)[nH]c2=O)C[C@H]1CO. The number of hydrogen-bond donors (Lipinski definition) is 2. The van der Waals surface area contributed by atoms with Crippen molar-refractivity contribution in [2.24, 2.45) is 0 Å². The van der Waals surface area contributed by atoms with Gasteiger partial charge in [0.05, 0.1) is 25.8 Å². The van der Waals surface area contributed by atoms with Gasteiger partial charge in [-0.15, -0.1) is 0 Å². The van der Waals surface area contributed by atoms with E-state index in [2.05, 4.69) is 9.72 Å². The summed E-state index contributed by atoms with van der Waals surface area (Å²) < 4.78 is 6.05. The molecular weight excluding hydrogens is 266 g/mol. The average Bonchev–Trinajstić information content (AvgIpc) is 2.85. The molecule has 2 rings (SSSR count). The smallest absolute Gasteiger partial charge is 0.409 e. The van der Waals surface area contributed by atoms with E-state index in [-0.39, 0.29) is 19.2 Å². The lowest BCUT2D eigenvalue weighted by Gasteiger charge is -2.20. The number of H-pyrrole nitrogens is 1. The van der Waals surface area contributed by atoms with E-state index in [1.165, 1.54) is 22.8 Å². The number of aliphatic hydroxyl groups is 1. The van der Waals surface area contributed by atoms with Crippen LogP contribution in [0.25, 0.3) is 0 Å². The molecule has 0 spiro atoms. The molecule has 0 bridgehead atoms. The van der Waals surface area contributed by atoms with Crippen molar-refractivity contribution in [2.75, 3.05) is 20.3 Å². The van der Waals surface area contributed by atoms with Crippen molar-refractivity contribution in [1.29, 1.82) is 0 Å². The number of rotatable bonds is 2. The number of aromatic nitrogens is 2. The Hall–Kier alpha value is -2.09. The van der Waals surface area contributed by atoms with Crippen LogP contribution in [0.5, 0.6) is 0 Å². The zero-order chi connectivity index (χ0) is 14.9. The first-order chi connectivity index (χ1) is 9.47. The highest BCUT2D eigenvalue weighted by Gasteiger charge is 2.36. The van der Waals surface area contributed by atoms with Crippen molar-refractivity contribution in [2.45, 2.75) is 25.4 Å². The van der Waals surface area contributed by atoms with Gasteiger partial charge in [0.25, 0.3) is 5.56 Å². The van der Waals surface area contributed by atoms with E-state index in [4.69, 9.17) is 0 Å². The molecule has 1 saturated heterocycles. The molecule has 1 aliphatic heterocycles. The predicted octanol–water partition coefficient (Wildman–Crippen LogP) is -0.781. The lowest BCUT2D eigenvalue weighted by atomic mass is 10.2. The number of ether oxygens (including phenoxy) is 1. The van der Waals surface area contributed by atoms with Crippen LogP contribution in [0.3, 0.4) is 0 Å². The minimum absolute atomic E-state index is 0.206. The third-order valence-electron chi connectivity index (χ3n) is 3.55. The van der Waals surface area contributed by atoms with Gasteiger partial charge in [0.2, 0.25) is 0 Å². The summed E-state index contributed by atoms with van der Waals surface area (Å²) in [6.45, 7) is 1.65. The third-order valence-corrected chi connectivity index (χ3v) is 3.55. The van der Waals surface area contributed by atoms with Crippen LogP contribution in [0.1, 0.15) is 18.0 Å². The molecule has 0 aromatic carbocycles. The standard InChI is InChI=1S/C12H17N3O5/c1-7-4-14(11(18)13-10(7)17)8-3-9(6-16)15(5-8)12(19)20-2/h4,8-9,16H,3,5-6H2,1-2H3,(H,13,17,18)/t8?,9-/m0/s1. The summed E-state index contributed by atoms with van der Waals surface area (Å²) in [4.78, 5) is 38.4. The van der Waals surface area contributed by atoms with Crippen LogP contribution in [0, 0.1) is 6.92 Å². The Morgan fingerprint density at radius 1 is 1.55 bits per heavy atom. The largest absolute Gasteiger partial charge is 0.453 e. The number of aromatic amines is 1. The highest BCUT2D eigenvalue weighted by Crippen LogP contribution is 2.26. The number of carbonyl (C=O) groups is 1. The number of amides is 1. The maximum Gasteiger partial charge on any atom is 0.409 e. The Bertz CT molecular complexity index is 620. The van der Waals surface area contributed by atoms with Crippen LogP contribution in [0.4, 0.5) is 4.79 Å². The van der Waals surface area contributed by atoms with Crippen molar-refractivity contribution in [3.8, 4) is 0 Å². The van der Waals surface area contributed by atoms with Gasteiger partial charge in [0, 0.05) is 18.3 Å². The predicted molar refractivity (Wildman–Crippen MR) is 69.7 cm³/mol. The van der Waals surface area contributed by atoms with Crippen LogP contribution >= 0.6 is 0 Å². The summed E-state index contributed by atoms with van der Waals surface area (Å²) in [7, 11) is 1.26. The van der Waals surface area contributed by atoms with Gasteiger partial charge in [-0.3, -0.25) is 14.3 Å². The summed E-state index contributed by atoms with van der Waals surface area (Å²) in [5.41, 5.74) is -0.525. The normalized spacial score (nSPS) is 22.1. The number of carbonyl (C=O) groups excluding carboxylic acids is 1.